The minimum absolute atomic E-state index is 0.329. The summed E-state index contributed by atoms with van der Waals surface area (Å²) in [7, 11) is 0. The van der Waals surface area contributed by atoms with Crippen molar-refractivity contribution in [3.8, 4) is 0 Å². The van der Waals surface area contributed by atoms with Crippen molar-refractivity contribution < 1.29 is 4.52 Å². The molecular weight excluding hydrogens is 238 g/mol. The van der Waals surface area contributed by atoms with Crippen LogP contribution in [0.3, 0.4) is 0 Å². The van der Waals surface area contributed by atoms with Gasteiger partial charge in [0.15, 0.2) is 5.82 Å². The van der Waals surface area contributed by atoms with Gasteiger partial charge in [-0.2, -0.15) is 4.98 Å². The number of nitrogens with zero attached hydrogens (tertiary/aromatic N) is 2. The van der Waals surface area contributed by atoms with Crippen LogP contribution in [-0.2, 0) is 5.54 Å². The minimum atomic E-state index is -0.329. The zero-order valence-electron chi connectivity index (χ0n) is 11.5. The first-order valence-electron chi connectivity index (χ1n) is 7.82. The van der Waals surface area contributed by atoms with E-state index in [1.807, 2.05) is 0 Å². The Labute approximate surface area is 114 Å². The topological polar surface area (TPSA) is 64.9 Å². The van der Waals surface area contributed by atoms with Gasteiger partial charge in [0.2, 0.25) is 5.89 Å². The number of nitrogens with two attached hydrogens (primary N) is 1. The summed E-state index contributed by atoms with van der Waals surface area (Å²) in [6.07, 6.45) is 12.6. The summed E-state index contributed by atoms with van der Waals surface area (Å²) < 4.78 is 5.38. The van der Waals surface area contributed by atoms with Crippen LogP contribution in [0.1, 0.15) is 81.8 Å². The monoisotopic (exact) mass is 261 g/mol. The molecule has 0 saturated heterocycles. The lowest BCUT2D eigenvalue weighted by Gasteiger charge is -2.41. The molecule has 1 spiro atoms. The smallest absolute Gasteiger partial charge is 0.229 e. The van der Waals surface area contributed by atoms with Gasteiger partial charge in [-0.1, -0.05) is 18.0 Å². The fraction of sp³-hybridized carbons (Fsp3) is 0.867. The fourth-order valence-corrected chi connectivity index (χ4v) is 4.01. The van der Waals surface area contributed by atoms with Crippen molar-refractivity contribution in [2.24, 2.45) is 11.1 Å². The summed E-state index contributed by atoms with van der Waals surface area (Å²) >= 11 is 0. The van der Waals surface area contributed by atoms with Gasteiger partial charge in [0.05, 0.1) is 5.54 Å². The zero-order valence-corrected chi connectivity index (χ0v) is 11.5. The Morgan fingerprint density at radius 3 is 2.32 bits per heavy atom. The first-order valence-corrected chi connectivity index (χ1v) is 7.82. The van der Waals surface area contributed by atoms with E-state index in [9.17, 15) is 0 Å². The van der Waals surface area contributed by atoms with Gasteiger partial charge in [-0.15, -0.1) is 0 Å². The van der Waals surface area contributed by atoms with Crippen LogP contribution in [0.5, 0.6) is 0 Å². The molecule has 1 aromatic heterocycles. The highest BCUT2D eigenvalue weighted by Crippen LogP contribution is 2.52. The van der Waals surface area contributed by atoms with Crippen molar-refractivity contribution in [2.45, 2.75) is 75.7 Å². The van der Waals surface area contributed by atoms with E-state index in [2.05, 4.69) is 10.1 Å². The molecule has 1 aromatic rings. The molecule has 4 rings (SSSR count). The van der Waals surface area contributed by atoms with Crippen LogP contribution in [-0.4, -0.2) is 10.1 Å². The van der Waals surface area contributed by atoms with Crippen molar-refractivity contribution in [2.75, 3.05) is 0 Å². The van der Waals surface area contributed by atoms with E-state index in [0.29, 0.717) is 11.3 Å². The molecule has 0 radical (unpaired) electrons. The third kappa shape index (κ3) is 2.00. The number of aromatic nitrogens is 2. The molecule has 3 fully saturated rings. The molecule has 4 heteroatoms. The lowest BCUT2D eigenvalue weighted by Crippen LogP contribution is -2.44. The summed E-state index contributed by atoms with van der Waals surface area (Å²) in [6, 6.07) is 0. The molecule has 0 unspecified atom stereocenters. The van der Waals surface area contributed by atoms with Crippen LogP contribution in [0, 0.1) is 5.41 Å². The van der Waals surface area contributed by atoms with Crippen molar-refractivity contribution in [1.29, 1.82) is 0 Å². The molecule has 3 saturated carbocycles. The normalized spacial score (nSPS) is 28.9. The molecule has 19 heavy (non-hydrogen) atoms. The SMILES string of the molecule is NC1(c2noc(C3CC3)n2)CCC2(CCCC2)CC1. The van der Waals surface area contributed by atoms with Gasteiger partial charge < -0.3 is 10.3 Å². The van der Waals surface area contributed by atoms with E-state index in [1.54, 1.807) is 0 Å². The van der Waals surface area contributed by atoms with E-state index in [4.69, 9.17) is 10.3 Å². The van der Waals surface area contributed by atoms with Gasteiger partial charge in [-0.25, -0.2) is 0 Å². The number of hydrogen-bond donors (Lipinski definition) is 1. The van der Waals surface area contributed by atoms with Crippen LogP contribution < -0.4 is 5.73 Å². The third-order valence-corrected chi connectivity index (χ3v) is 5.68. The molecular formula is C15H23N3O. The van der Waals surface area contributed by atoms with Gasteiger partial charge in [0.1, 0.15) is 0 Å². The molecule has 0 amide bonds. The Kier molecular flexibility index (Phi) is 2.53. The van der Waals surface area contributed by atoms with Crippen LogP contribution in [0.25, 0.3) is 0 Å². The maximum Gasteiger partial charge on any atom is 0.229 e. The second-order valence-electron chi connectivity index (χ2n) is 7.09. The van der Waals surface area contributed by atoms with Crippen molar-refractivity contribution in [1.82, 2.24) is 10.1 Å². The third-order valence-electron chi connectivity index (χ3n) is 5.68. The Morgan fingerprint density at radius 2 is 1.68 bits per heavy atom. The average molecular weight is 261 g/mol. The predicted octanol–water partition coefficient (Wildman–Crippen LogP) is 3.24. The fourth-order valence-electron chi connectivity index (χ4n) is 4.01. The van der Waals surface area contributed by atoms with Crippen molar-refractivity contribution in [3.63, 3.8) is 0 Å². The van der Waals surface area contributed by atoms with Crippen LogP contribution in [0.4, 0.5) is 0 Å². The van der Waals surface area contributed by atoms with Gasteiger partial charge >= 0.3 is 0 Å². The first kappa shape index (κ1) is 11.9. The van der Waals surface area contributed by atoms with Crippen LogP contribution >= 0.6 is 0 Å². The Bertz CT molecular complexity index is 461. The van der Waals surface area contributed by atoms with Gasteiger partial charge in [0.25, 0.3) is 0 Å². The van der Waals surface area contributed by atoms with Crippen LogP contribution in [0.15, 0.2) is 4.52 Å². The average Bonchev–Trinajstić information content (AvgIpc) is 2.98. The molecule has 0 aromatic carbocycles. The molecule has 1 heterocycles. The number of rotatable bonds is 2. The van der Waals surface area contributed by atoms with E-state index < -0.39 is 0 Å². The Morgan fingerprint density at radius 1 is 1.00 bits per heavy atom. The predicted molar refractivity (Wildman–Crippen MR) is 71.5 cm³/mol. The van der Waals surface area contributed by atoms with Gasteiger partial charge in [0, 0.05) is 5.92 Å². The summed E-state index contributed by atoms with van der Waals surface area (Å²) in [5.74, 6) is 2.11. The van der Waals surface area contributed by atoms with E-state index >= 15 is 0 Å². The summed E-state index contributed by atoms with van der Waals surface area (Å²) in [6.45, 7) is 0. The lowest BCUT2D eigenvalue weighted by atomic mass is 9.66. The van der Waals surface area contributed by atoms with E-state index in [-0.39, 0.29) is 5.54 Å². The standard InChI is InChI=1S/C15H23N3O/c16-15(13-17-12(19-18-13)11-3-4-11)9-7-14(8-10-15)5-1-2-6-14/h11H,1-10,16H2. The van der Waals surface area contributed by atoms with Crippen LogP contribution in [0.2, 0.25) is 0 Å². The lowest BCUT2D eigenvalue weighted by molar-refractivity contribution is 0.127. The minimum Gasteiger partial charge on any atom is -0.339 e. The molecule has 104 valence electrons. The van der Waals surface area contributed by atoms with E-state index in [0.717, 1.165) is 24.6 Å². The molecule has 3 aliphatic rings. The quantitative estimate of drug-likeness (QED) is 0.887. The zero-order chi connectivity index (χ0) is 12.9. The second kappa shape index (κ2) is 4.05. The molecule has 0 bridgehead atoms. The highest BCUT2D eigenvalue weighted by Gasteiger charge is 2.45. The van der Waals surface area contributed by atoms with Gasteiger partial charge in [-0.05, 0) is 56.8 Å². The molecule has 3 aliphatic carbocycles. The second-order valence-corrected chi connectivity index (χ2v) is 7.09. The number of hydrogen-bond acceptors (Lipinski definition) is 4. The summed E-state index contributed by atoms with van der Waals surface area (Å²) in [4.78, 5) is 4.58. The van der Waals surface area contributed by atoms with Crippen molar-refractivity contribution >= 4 is 0 Å². The van der Waals surface area contributed by atoms with Crippen molar-refractivity contribution in [3.05, 3.63) is 11.7 Å². The molecule has 0 aliphatic heterocycles. The van der Waals surface area contributed by atoms with E-state index in [1.165, 1.54) is 51.4 Å². The maximum atomic E-state index is 6.58. The Hall–Kier alpha value is -0.900. The summed E-state index contributed by atoms with van der Waals surface area (Å²) in [5, 5.41) is 4.18. The largest absolute Gasteiger partial charge is 0.339 e. The summed E-state index contributed by atoms with van der Waals surface area (Å²) in [5.41, 5.74) is 6.85. The maximum absolute atomic E-state index is 6.58. The highest BCUT2D eigenvalue weighted by molar-refractivity contribution is 5.11. The molecule has 2 N–H and O–H groups in total. The first-order chi connectivity index (χ1) is 9.19. The molecule has 0 atom stereocenters. The van der Waals surface area contributed by atoms with Gasteiger partial charge in [-0.3, -0.25) is 0 Å². The Balaban J connectivity index is 1.50. The highest BCUT2D eigenvalue weighted by atomic mass is 16.5. The molecule has 4 nitrogen and oxygen atoms in total.